The number of guanidine groups is 1. The van der Waals surface area contributed by atoms with Crippen LogP contribution >= 0.6 is 0 Å². The molecule has 0 aromatic heterocycles. The normalized spacial score (nSPS) is 23.4. The molecule has 3 unspecified atom stereocenters. The highest BCUT2D eigenvalue weighted by Gasteiger charge is 2.52. The topological polar surface area (TPSA) is 101 Å². The zero-order valence-electron chi connectivity index (χ0n) is 20.5. The van der Waals surface area contributed by atoms with E-state index in [1.807, 2.05) is 29.2 Å². The summed E-state index contributed by atoms with van der Waals surface area (Å²) < 4.78 is 10.7. The smallest absolute Gasteiger partial charge is 0.328 e. The van der Waals surface area contributed by atoms with Crippen LogP contribution in [0.25, 0.3) is 0 Å². The van der Waals surface area contributed by atoms with E-state index in [1.54, 1.807) is 20.2 Å². The summed E-state index contributed by atoms with van der Waals surface area (Å²) in [6.07, 6.45) is 0.149. The fraction of sp³-hybridized carbons (Fsp3) is 0.542. The fourth-order valence-corrected chi connectivity index (χ4v) is 4.73. The van der Waals surface area contributed by atoms with Gasteiger partial charge in [0.2, 0.25) is 0 Å². The van der Waals surface area contributed by atoms with Crippen molar-refractivity contribution in [3.63, 3.8) is 0 Å². The Kier molecular flexibility index (Phi) is 7.46. The molecule has 2 saturated heterocycles. The number of aliphatic hydroxyl groups is 1. The van der Waals surface area contributed by atoms with Crippen molar-refractivity contribution < 1.29 is 24.2 Å². The molecule has 35 heavy (non-hydrogen) atoms. The molecule has 3 aliphatic rings. The zero-order valence-corrected chi connectivity index (χ0v) is 20.5. The van der Waals surface area contributed by atoms with E-state index in [4.69, 9.17) is 14.5 Å². The maximum absolute atomic E-state index is 13.1. The van der Waals surface area contributed by atoms with Crippen LogP contribution in [0.5, 0.6) is 5.75 Å². The number of likely N-dealkylation sites (N-methyl/N-ethyl adjacent to an activating group) is 2. The molecule has 1 aromatic rings. The molecule has 2 fully saturated rings. The largest absolute Gasteiger partial charge is 0.497 e. The summed E-state index contributed by atoms with van der Waals surface area (Å²) in [5.74, 6) is 1.11. The number of methoxy groups -OCH3 is 1. The van der Waals surface area contributed by atoms with Gasteiger partial charge in [-0.3, -0.25) is 9.69 Å². The van der Waals surface area contributed by atoms with Gasteiger partial charge in [0.1, 0.15) is 5.75 Å². The number of aliphatic hydroxyl groups excluding tert-OH is 1. The number of carbonyl (C=O) groups excluding carboxylic acids is 2. The third-order valence-electron chi connectivity index (χ3n) is 6.65. The monoisotopic (exact) mass is 486 g/mol. The number of aliphatic imine (C=N–C) groups is 1. The van der Waals surface area contributed by atoms with Crippen LogP contribution in [-0.2, 0) is 9.53 Å². The second-order valence-electron chi connectivity index (χ2n) is 8.88. The van der Waals surface area contributed by atoms with Gasteiger partial charge in [-0.15, -0.1) is 6.58 Å². The molecule has 190 valence electrons. The molecule has 3 atom stereocenters. The number of piperazine rings is 1. The Balaban J connectivity index is 1.51. The number of ether oxygens (including phenoxy) is 2. The van der Waals surface area contributed by atoms with Gasteiger partial charge in [-0.2, -0.15) is 0 Å². The summed E-state index contributed by atoms with van der Waals surface area (Å²) in [7, 11) is 4.78. The van der Waals surface area contributed by atoms with Gasteiger partial charge in [0.15, 0.2) is 18.2 Å². The first-order chi connectivity index (χ1) is 16.8. The number of fused-ring (bicyclic) bond motifs is 1. The number of imide groups is 1. The number of rotatable bonds is 8. The number of anilines is 1. The third kappa shape index (κ3) is 4.92. The summed E-state index contributed by atoms with van der Waals surface area (Å²) >= 11 is 0. The maximum Gasteiger partial charge on any atom is 0.328 e. The highest BCUT2D eigenvalue weighted by Crippen LogP contribution is 2.29. The standard InChI is InChI=1S/C24H34N6O5/c1-5-14-35-16-18(31)15-30-20-21(26(2)24(33)27(3)22(20)32)25-23(30)29-12-10-28(11-13-29)17-6-8-19(34-4)9-7-17/h5-9,18,20-21,31H,1,10-16H2,2-4H3. The first kappa shape index (κ1) is 24.8. The molecule has 3 heterocycles. The zero-order chi connectivity index (χ0) is 25.1. The SMILES string of the molecule is C=CCOCC(O)CN1C(N2CCN(c3ccc(OC)cc3)CC2)=NC2C1C(=O)N(C)C(=O)N2C. The second kappa shape index (κ2) is 10.5. The molecule has 4 rings (SSSR count). The van der Waals surface area contributed by atoms with Gasteiger partial charge in [-0.05, 0) is 24.3 Å². The number of benzene rings is 1. The van der Waals surface area contributed by atoms with Gasteiger partial charge in [0.25, 0.3) is 5.91 Å². The number of hydrogen-bond donors (Lipinski definition) is 1. The van der Waals surface area contributed by atoms with Gasteiger partial charge < -0.3 is 34.2 Å². The van der Waals surface area contributed by atoms with Crippen LogP contribution in [0.2, 0.25) is 0 Å². The predicted octanol–water partition coefficient (Wildman–Crippen LogP) is 0.271. The van der Waals surface area contributed by atoms with Crippen LogP contribution in [0.4, 0.5) is 10.5 Å². The van der Waals surface area contributed by atoms with Crippen LogP contribution in [-0.4, -0.2) is 128 Å². The van der Waals surface area contributed by atoms with E-state index in [2.05, 4.69) is 16.4 Å². The van der Waals surface area contributed by atoms with Crippen molar-refractivity contribution in [1.29, 1.82) is 0 Å². The lowest BCUT2D eigenvalue weighted by Crippen LogP contribution is -2.65. The minimum Gasteiger partial charge on any atom is -0.497 e. The van der Waals surface area contributed by atoms with E-state index in [0.29, 0.717) is 25.7 Å². The lowest BCUT2D eigenvalue weighted by atomic mass is 10.1. The maximum atomic E-state index is 13.1. The van der Waals surface area contributed by atoms with Crippen molar-refractivity contribution in [2.24, 2.45) is 4.99 Å². The Morgan fingerprint density at radius 3 is 2.43 bits per heavy atom. The summed E-state index contributed by atoms with van der Waals surface area (Å²) in [5.41, 5.74) is 1.11. The van der Waals surface area contributed by atoms with Crippen LogP contribution in [0, 0.1) is 0 Å². The molecule has 0 radical (unpaired) electrons. The number of β-amino-alcohol motifs (C(OH)–C–C–N with tert-alkyl or cyclic N) is 1. The van der Waals surface area contributed by atoms with Crippen LogP contribution < -0.4 is 9.64 Å². The van der Waals surface area contributed by atoms with Gasteiger partial charge in [-0.25, -0.2) is 9.79 Å². The average Bonchev–Trinajstić information content (AvgIpc) is 3.25. The third-order valence-corrected chi connectivity index (χ3v) is 6.65. The molecule has 0 bridgehead atoms. The Labute approximate surface area is 205 Å². The molecule has 1 aromatic carbocycles. The summed E-state index contributed by atoms with van der Waals surface area (Å²) in [4.78, 5) is 39.4. The quantitative estimate of drug-likeness (QED) is 0.413. The minimum atomic E-state index is -0.833. The van der Waals surface area contributed by atoms with Crippen LogP contribution in [0.1, 0.15) is 0 Å². The highest BCUT2D eigenvalue weighted by molar-refractivity contribution is 6.03. The summed E-state index contributed by atoms with van der Waals surface area (Å²) in [5, 5.41) is 10.6. The number of carbonyl (C=O) groups is 2. The second-order valence-corrected chi connectivity index (χ2v) is 8.88. The Hall–Kier alpha value is -3.31. The van der Waals surface area contributed by atoms with Gasteiger partial charge in [0.05, 0.1) is 26.4 Å². The molecule has 11 nitrogen and oxygen atoms in total. The first-order valence-corrected chi connectivity index (χ1v) is 11.7. The lowest BCUT2D eigenvalue weighted by Gasteiger charge is -2.42. The number of amides is 3. The first-order valence-electron chi connectivity index (χ1n) is 11.7. The molecule has 3 amide bonds. The minimum absolute atomic E-state index is 0.108. The van der Waals surface area contributed by atoms with Gasteiger partial charge in [-0.1, -0.05) is 6.08 Å². The highest BCUT2D eigenvalue weighted by atomic mass is 16.5. The van der Waals surface area contributed by atoms with Crippen LogP contribution in [0.3, 0.4) is 0 Å². The van der Waals surface area contributed by atoms with Crippen molar-refractivity contribution in [1.82, 2.24) is 19.6 Å². The molecular formula is C24H34N6O5. The van der Waals surface area contributed by atoms with Crippen LogP contribution in [0.15, 0.2) is 41.9 Å². The van der Waals surface area contributed by atoms with Crippen molar-refractivity contribution >= 4 is 23.6 Å². The molecule has 1 N–H and O–H groups in total. The van der Waals surface area contributed by atoms with Crippen molar-refractivity contribution in [3.8, 4) is 5.75 Å². The van der Waals surface area contributed by atoms with Gasteiger partial charge >= 0.3 is 6.03 Å². The Bertz CT molecular complexity index is 962. The lowest BCUT2D eigenvalue weighted by molar-refractivity contribution is -0.136. The molecule has 11 heteroatoms. The molecule has 0 spiro atoms. The number of nitrogens with zero attached hydrogens (tertiary/aromatic N) is 6. The number of hydrogen-bond acceptors (Lipinski definition) is 9. The fourth-order valence-electron chi connectivity index (χ4n) is 4.73. The van der Waals surface area contributed by atoms with E-state index in [-0.39, 0.29) is 25.1 Å². The van der Waals surface area contributed by atoms with Crippen molar-refractivity contribution in [3.05, 3.63) is 36.9 Å². The predicted molar refractivity (Wildman–Crippen MR) is 131 cm³/mol. The van der Waals surface area contributed by atoms with E-state index in [0.717, 1.165) is 29.4 Å². The molecule has 0 aliphatic carbocycles. The average molecular weight is 487 g/mol. The van der Waals surface area contributed by atoms with E-state index < -0.39 is 18.3 Å². The summed E-state index contributed by atoms with van der Waals surface area (Å²) in [6.45, 7) is 7.12. The van der Waals surface area contributed by atoms with E-state index in [9.17, 15) is 14.7 Å². The van der Waals surface area contributed by atoms with Crippen molar-refractivity contribution in [2.45, 2.75) is 18.3 Å². The van der Waals surface area contributed by atoms with Crippen molar-refractivity contribution in [2.75, 3.05) is 72.0 Å². The molecular weight excluding hydrogens is 452 g/mol. The molecule has 3 aliphatic heterocycles. The van der Waals surface area contributed by atoms with E-state index in [1.165, 1.54) is 11.9 Å². The van der Waals surface area contributed by atoms with Gasteiger partial charge in [0, 0.05) is 52.5 Å². The summed E-state index contributed by atoms with van der Waals surface area (Å²) in [6, 6.07) is 6.89. The van der Waals surface area contributed by atoms with E-state index >= 15 is 0 Å². The number of urea groups is 1. The Morgan fingerprint density at radius 1 is 1.14 bits per heavy atom. The Morgan fingerprint density at radius 2 is 1.80 bits per heavy atom. The molecule has 0 saturated carbocycles.